The molecule has 0 spiro atoms. The minimum atomic E-state index is -0.419. The molecule has 0 aromatic heterocycles. The Hall–Kier alpha value is -1.75. The third-order valence-corrected chi connectivity index (χ3v) is 6.48. The fraction of sp³-hybridized carbons (Fsp3) is 0.652. The molecule has 3 amide bonds. The summed E-state index contributed by atoms with van der Waals surface area (Å²) in [7, 11) is 0. The summed E-state index contributed by atoms with van der Waals surface area (Å²) in [6.45, 7) is 8.14. The smallest absolute Gasteiger partial charge is 0.317 e. The molecule has 160 valence electrons. The SMILES string of the molecule is CC(C)(C)NC(=O)N1CCC(CNC(=O)C2(c3ccc(Cl)cc3)CCCC2)CC1. The lowest BCUT2D eigenvalue weighted by Crippen LogP contribution is -2.51. The highest BCUT2D eigenvalue weighted by Gasteiger charge is 2.42. The van der Waals surface area contributed by atoms with Crippen LogP contribution in [0.3, 0.4) is 0 Å². The maximum absolute atomic E-state index is 13.2. The number of nitrogens with zero attached hydrogens (tertiary/aromatic N) is 1. The van der Waals surface area contributed by atoms with E-state index in [4.69, 9.17) is 11.6 Å². The molecule has 5 nitrogen and oxygen atoms in total. The van der Waals surface area contributed by atoms with Crippen molar-refractivity contribution in [3.8, 4) is 0 Å². The van der Waals surface area contributed by atoms with Gasteiger partial charge in [0.05, 0.1) is 5.41 Å². The van der Waals surface area contributed by atoms with Crippen LogP contribution >= 0.6 is 11.6 Å². The number of hydrogen-bond acceptors (Lipinski definition) is 2. The fourth-order valence-corrected chi connectivity index (χ4v) is 4.67. The van der Waals surface area contributed by atoms with Crippen LogP contribution in [0.2, 0.25) is 5.02 Å². The minimum Gasteiger partial charge on any atom is -0.355 e. The van der Waals surface area contributed by atoms with E-state index in [-0.39, 0.29) is 17.5 Å². The number of piperidine rings is 1. The molecule has 1 aliphatic heterocycles. The van der Waals surface area contributed by atoms with Crippen LogP contribution in [0.5, 0.6) is 0 Å². The lowest BCUT2D eigenvalue weighted by Gasteiger charge is -2.35. The van der Waals surface area contributed by atoms with Crippen LogP contribution in [-0.2, 0) is 10.2 Å². The molecule has 1 aromatic carbocycles. The summed E-state index contributed by atoms with van der Waals surface area (Å²) in [5, 5.41) is 6.96. The van der Waals surface area contributed by atoms with Gasteiger partial charge in [-0.25, -0.2) is 4.79 Å². The summed E-state index contributed by atoms with van der Waals surface area (Å²) >= 11 is 6.04. The molecule has 0 radical (unpaired) electrons. The average Bonchev–Trinajstić information content (AvgIpc) is 3.17. The van der Waals surface area contributed by atoms with Gasteiger partial charge in [0.25, 0.3) is 0 Å². The zero-order valence-electron chi connectivity index (χ0n) is 17.9. The highest BCUT2D eigenvalue weighted by molar-refractivity contribution is 6.30. The molecule has 1 heterocycles. The first kappa shape index (κ1) is 21.9. The number of nitrogens with one attached hydrogen (secondary N) is 2. The maximum atomic E-state index is 13.2. The Bertz CT molecular complexity index is 713. The van der Waals surface area contributed by atoms with Crippen LogP contribution in [0.1, 0.15) is 64.9 Å². The van der Waals surface area contributed by atoms with Crippen LogP contribution in [0.4, 0.5) is 4.79 Å². The standard InChI is InChI=1S/C23H34ClN3O2/c1-22(2,3)26-21(29)27-14-10-17(11-15-27)16-25-20(28)23(12-4-5-13-23)18-6-8-19(24)9-7-18/h6-9,17H,4-5,10-16H2,1-3H3,(H,25,28)(H,26,29). The van der Waals surface area contributed by atoms with Crippen LogP contribution in [0.25, 0.3) is 0 Å². The topological polar surface area (TPSA) is 61.4 Å². The Morgan fingerprint density at radius 3 is 2.24 bits per heavy atom. The quantitative estimate of drug-likeness (QED) is 0.755. The van der Waals surface area contributed by atoms with Crippen molar-refractivity contribution in [3.63, 3.8) is 0 Å². The van der Waals surface area contributed by atoms with Gasteiger partial charge in [0.15, 0.2) is 0 Å². The molecule has 1 saturated carbocycles. The molecule has 0 unspecified atom stereocenters. The van der Waals surface area contributed by atoms with Gasteiger partial charge < -0.3 is 15.5 Å². The number of carbonyl (C=O) groups excluding carboxylic acids is 2. The Kier molecular flexibility index (Phi) is 6.77. The predicted octanol–water partition coefficient (Wildman–Crippen LogP) is 4.49. The zero-order valence-corrected chi connectivity index (χ0v) is 18.6. The van der Waals surface area contributed by atoms with Gasteiger partial charge in [0, 0.05) is 30.2 Å². The second-order valence-electron chi connectivity index (χ2n) is 9.62. The lowest BCUT2D eigenvalue weighted by atomic mass is 9.78. The van der Waals surface area contributed by atoms with Crippen LogP contribution in [-0.4, -0.2) is 42.0 Å². The number of urea groups is 1. The van der Waals surface area contributed by atoms with Gasteiger partial charge >= 0.3 is 6.03 Å². The first-order valence-electron chi connectivity index (χ1n) is 10.8. The van der Waals surface area contributed by atoms with E-state index >= 15 is 0 Å². The van der Waals surface area contributed by atoms with Crippen molar-refractivity contribution in [2.45, 2.75) is 70.3 Å². The molecule has 3 rings (SSSR count). The van der Waals surface area contributed by atoms with E-state index in [9.17, 15) is 9.59 Å². The van der Waals surface area contributed by atoms with Crippen molar-refractivity contribution in [1.82, 2.24) is 15.5 Å². The van der Waals surface area contributed by atoms with E-state index in [1.807, 2.05) is 49.9 Å². The average molecular weight is 420 g/mol. The number of carbonyl (C=O) groups is 2. The van der Waals surface area contributed by atoms with E-state index in [0.717, 1.165) is 57.2 Å². The summed E-state index contributed by atoms with van der Waals surface area (Å²) in [4.78, 5) is 27.4. The Balaban J connectivity index is 1.53. The summed E-state index contributed by atoms with van der Waals surface area (Å²) in [5.41, 5.74) is 0.433. The summed E-state index contributed by atoms with van der Waals surface area (Å²) < 4.78 is 0. The molecule has 2 N–H and O–H groups in total. The Labute approximate surface area is 179 Å². The van der Waals surface area contributed by atoms with E-state index in [0.29, 0.717) is 17.5 Å². The molecule has 1 saturated heterocycles. The van der Waals surface area contributed by atoms with E-state index in [1.165, 1.54) is 0 Å². The van der Waals surface area contributed by atoms with Gasteiger partial charge in [-0.15, -0.1) is 0 Å². The van der Waals surface area contributed by atoms with Gasteiger partial charge in [0.1, 0.15) is 0 Å². The highest BCUT2D eigenvalue weighted by Crippen LogP contribution is 2.41. The highest BCUT2D eigenvalue weighted by atomic mass is 35.5. The third kappa shape index (κ3) is 5.44. The molecular weight excluding hydrogens is 386 g/mol. The number of rotatable bonds is 4. The van der Waals surface area contributed by atoms with Gasteiger partial charge in [-0.2, -0.15) is 0 Å². The Morgan fingerprint density at radius 1 is 1.10 bits per heavy atom. The largest absolute Gasteiger partial charge is 0.355 e. The van der Waals surface area contributed by atoms with E-state index < -0.39 is 5.41 Å². The fourth-order valence-electron chi connectivity index (χ4n) is 4.54. The van der Waals surface area contributed by atoms with Crippen LogP contribution < -0.4 is 10.6 Å². The van der Waals surface area contributed by atoms with Crippen molar-refractivity contribution >= 4 is 23.5 Å². The van der Waals surface area contributed by atoms with Crippen molar-refractivity contribution in [1.29, 1.82) is 0 Å². The molecule has 6 heteroatoms. The first-order valence-corrected chi connectivity index (χ1v) is 11.2. The van der Waals surface area contributed by atoms with Gasteiger partial charge in [-0.3, -0.25) is 4.79 Å². The predicted molar refractivity (Wildman–Crippen MR) is 117 cm³/mol. The molecular formula is C23H34ClN3O2. The van der Waals surface area contributed by atoms with Gasteiger partial charge in [0.2, 0.25) is 5.91 Å². The maximum Gasteiger partial charge on any atom is 0.317 e. The molecule has 0 bridgehead atoms. The molecule has 29 heavy (non-hydrogen) atoms. The molecule has 1 aromatic rings. The van der Waals surface area contributed by atoms with Crippen molar-refractivity contribution < 1.29 is 9.59 Å². The third-order valence-electron chi connectivity index (χ3n) is 6.22. The summed E-state index contributed by atoms with van der Waals surface area (Å²) in [5.74, 6) is 0.562. The molecule has 2 aliphatic rings. The van der Waals surface area contributed by atoms with Crippen molar-refractivity contribution in [3.05, 3.63) is 34.9 Å². The van der Waals surface area contributed by atoms with Crippen molar-refractivity contribution in [2.24, 2.45) is 5.92 Å². The van der Waals surface area contributed by atoms with Crippen molar-refractivity contribution in [2.75, 3.05) is 19.6 Å². The molecule has 2 fully saturated rings. The lowest BCUT2D eigenvalue weighted by molar-refractivity contribution is -0.126. The monoisotopic (exact) mass is 419 g/mol. The van der Waals surface area contributed by atoms with Crippen LogP contribution in [0.15, 0.2) is 24.3 Å². The number of likely N-dealkylation sites (tertiary alicyclic amines) is 1. The molecule has 1 aliphatic carbocycles. The van der Waals surface area contributed by atoms with E-state index in [2.05, 4.69) is 10.6 Å². The number of halogens is 1. The summed E-state index contributed by atoms with van der Waals surface area (Å²) in [6, 6.07) is 7.76. The van der Waals surface area contributed by atoms with Gasteiger partial charge in [-0.1, -0.05) is 36.6 Å². The van der Waals surface area contributed by atoms with E-state index in [1.54, 1.807) is 0 Å². The molecule has 0 atom stereocenters. The zero-order chi connectivity index (χ0) is 21.1. The minimum absolute atomic E-state index is 0.00707. The number of benzene rings is 1. The van der Waals surface area contributed by atoms with Gasteiger partial charge in [-0.05, 0) is 70.1 Å². The second kappa shape index (κ2) is 8.95. The van der Waals surface area contributed by atoms with Crippen LogP contribution in [0, 0.1) is 5.92 Å². The summed E-state index contributed by atoms with van der Waals surface area (Å²) in [6.07, 6.45) is 5.80. The number of hydrogen-bond donors (Lipinski definition) is 2. The first-order chi connectivity index (χ1) is 13.7. The Morgan fingerprint density at radius 2 is 1.69 bits per heavy atom. The normalized spacial score (nSPS) is 19.8. The number of amides is 3. The second-order valence-corrected chi connectivity index (χ2v) is 10.1.